The van der Waals surface area contributed by atoms with Gasteiger partial charge in [0.25, 0.3) is 6.43 Å². The Morgan fingerprint density at radius 3 is 2.42 bits per heavy atom. The number of nitrogens with zero attached hydrogens (tertiary/aromatic N) is 1. The normalized spacial score (nSPS) is 11.5. The van der Waals surface area contributed by atoms with Gasteiger partial charge in [-0.2, -0.15) is 4.37 Å². The molecule has 6 nitrogen and oxygen atoms in total. The highest BCUT2D eigenvalue weighted by Gasteiger charge is 2.28. The van der Waals surface area contributed by atoms with Gasteiger partial charge in [-0.05, 0) is 32.3 Å². The molecule has 0 bridgehead atoms. The van der Waals surface area contributed by atoms with Gasteiger partial charge in [0.2, 0.25) is 0 Å². The summed E-state index contributed by atoms with van der Waals surface area (Å²) in [6.07, 6.45) is -3.96. The Hall–Kier alpha value is -1.77. The Balaban J connectivity index is 2.96. The molecular weight excluding hydrogens is 282 g/mol. The number of alkyl halides is 2. The lowest BCUT2D eigenvalue weighted by molar-refractivity contribution is 0.0636. The molecule has 0 aliphatic carbocycles. The average Bonchev–Trinajstić information content (AvgIpc) is 2.57. The maximum atomic E-state index is 12.5. The van der Waals surface area contributed by atoms with Crippen LogP contribution in [0.3, 0.4) is 0 Å². The first-order valence-corrected chi connectivity index (χ1v) is 5.90. The van der Waals surface area contributed by atoms with Gasteiger partial charge in [-0.15, -0.1) is 0 Å². The maximum Gasteiger partial charge on any atom is 0.412 e. The molecule has 1 aromatic heterocycles. The highest BCUT2D eigenvalue weighted by atomic mass is 32.1. The summed E-state index contributed by atoms with van der Waals surface area (Å²) >= 11 is 0.464. The van der Waals surface area contributed by atoms with Gasteiger partial charge < -0.3 is 9.84 Å². The number of halogens is 2. The van der Waals surface area contributed by atoms with Gasteiger partial charge in [0.1, 0.15) is 21.9 Å². The van der Waals surface area contributed by atoms with Crippen LogP contribution in [0.1, 0.15) is 43.2 Å². The van der Waals surface area contributed by atoms with E-state index in [1.807, 2.05) is 0 Å². The SMILES string of the molecule is CC(C)(C)OC(=O)Nc1snc(C(F)F)c1C(=O)O. The summed E-state index contributed by atoms with van der Waals surface area (Å²) in [4.78, 5) is 22.4. The van der Waals surface area contributed by atoms with Crippen molar-refractivity contribution in [1.29, 1.82) is 0 Å². The van der Waals surface area contributed by atoms with Crippen molar-refractivity contribution in [2.24, 2.45) is 0 Å². The molecule has 0 atom stereocenters. The van der Waals surface area contributed by atoms with E-state index in [0.29, 0.717) is 11.5 Å². The third-order valence-corrected chi connectivity index (χ3v) is 2.53. The van der Waals surface area contributed by atoms with E-state index in [1.165, 1.54) is 0 Å². The lowest BCUT2D eigenvalue weighted by Gasteiger charge is -2.19. The zero-order valence-electron chi connectivity index (χ0n) is 10.4. The minimum atomic E-state index is -3.03. The smallest absolute Gasteiger partial charge is 0.412 e. The number of nitrogens with one attached hydrogen (secondary N) is 1. The van der Waals surface area contributed by atoms with Crippen LogP contribution in [0, 0.1) is 0 Å². The van der Waals surface area contributed by atoms with Crippen molar-refractivity contribution in [2.45, 2.75) is 32.8 Å². The lowest BCUT2D eigenvalue weighted by Crippen LogP contribution is -2.27. The third kappa shape index (κ3) is 4.12. The Labute approximate surface area is 111 Å². The van der Waals surface area contributed by atoms with E-state index in [4.69, 9.17) is 9.84 Å². The number of ether oxygens (including phenoxy) is 1. The van der Waals surface area contributed by atoms with Gasteiger partial charge in [0.05, 0.1) is 0 Å². The van der Waals surface area contributed by atoms with Crippen LogP contribution in [0.4, 0.5) is 18.6 Å². The molecular formula is C10H12F2N2O4S. The first kappa shape index (κ1) is 15.3. The molecule has 106 valence electrons. The summed E-state index contributed by atoms with van der Waals surface area (Å²) in [5.74, 6) is -1.59. The van der Waals surface area contributed by atoms with Crippen molar-refractivity contribution in [3.8, 4) is 0 Å². The highest BCUT2D eigenvalue weighted by Crippen LogP contribution is 2.31. The molecule has 0 saturated heterocycles. The predicted molar refractivity (Wildman–Crippen MR) is 63.9 cm³/mol. The van der Waals surface area contributed by atoms with Gasteiger partial charge in [-0.1, -0.05) is 0 Å². The number of carbonyl (C=O) groups excluding carboxylic acids is 1. The molecule has 0 aromatic carbocycles. The van der Waals surface area contributed by atoms with Crippen LogP contribution in [-0.4, -0.2) is 27.1 Å². The largest absolute Gasteiger partial charge is 0.478 e. The molecule has 1 heterocycles. The van der Waals surface area contributed by atoms with Crippen molar-refractivity contribution in [3.63, 3.8) is 0 Å². The Kier molecular flexibility index (Phi) is 4.40. The van der Waals surface area contributed by atoms with E-state index in [2.05, 4.69) is 9.69 Å². The summed E-state index contributed by atoms with van der Waals surface area (Å²) in [6, 6.07) is 0. The highest BCUT2D eigenvalue weighted by molar-refractivity contribution is 7.11. The van der Waals surface area contributed by atoms with Gasteiger partial charge in [-0.25, -0.2) is 18.4 Å². The molecule has 0 unspecified atom stereocenters. The van der Waals surface area contributed by atoms with Crippen LogP contribution in [0.5, 0.6) is 0 Å². The van der Waals surface area contributed by atoms with Crippen LogP contribution in [-0.2, 0) is 4.74 Å². The van der Waals surface area contributed by atoms with Crippen molar-refractivity contribution in [1.82, 2.24) is 4.37 Å². The molecule has 2 N–H and O–H groups in total. The molecule has 9 heteroatoms. The quantitative estimate of drug-likeness (QED) is 0.894. The van der Waals surface area contributed by atoms with Crippen LogP contribution in [0.15, 0.2) is 0 Å². The van der Waals surface area contributed by atoms with Crippen LogP contribution in [0.2, 0.25) is 0 Å². The second kappa shape index (κ2) is 5.47. The molecule has 0 aliphatic heterocycles. The van der Waals surface area contributed by atoms with Gasteiger partial charge in [-0.3, -0.25) is 5.32 Å². The standard InChI is InChI=1S/C10H12F2N2O4S/c1-10(2,3)18-9(17)13-7-4(8(15)16)5(6(11)12)14-19-7/h6H,1-3H3,(H,13,17)(H,15,16). The summed E-state index contributed by atoms with van der Waals surface area (Å²) < 4.78 is 33.3. The van der Waals surface area contributed by atoms with Crippen LogP contribution in [0.25, 0.3) is 0 Å². The molecule has 0 radical (unpaired) electrons. The number of hydrogen-bond acceptors (Lipinski definition) is 5. The number of aromatic nitrogens is 1. The average molecular weight is 294 g/mol. The number of aromatic carboxylic acids is 1. The summed E-state index contributed by atoms with van der Waals surface area (Å²) in [5, 5.41) is 10.7. The number of carboxylic acid groups (broad SMARTS) is 1. The first-order valence-electron chi connectivity index (χ1n) is 5.13. The fraction of sp³-hybridized carbons (Fsp3) is 0.500. The van der Waals surface area contributed by atoms with E-state index < -0.39 is 35.3 Å². The van der Waals surface area contributed by atoms with E-state index >= 15 is 0 Å². The molecule has 1 amide bonds. The topological polar surface area (TPSA) is 88.5 Å². The Morgan fingerprint density at radius 2 is 2.00 bits per heavy atom. The Morgan fingerprint density at radius 1 is 1.42 bits per heavy atom. The van der Waals surface area contributed by atoms with Crippen molar-refractivity contribution >= 4 is 28.6 Å². The number of hydrogen-bond donors (Lipinski definition) is 2. The molecule has 1 aromatic rings. The summed E-state index contributed by atoms with van der Waals surface area (Å²) in [5.41, 5.74) is -2.38. The van der Waals surface area contributed by atoms with Crippen LogP contribution >= 0.6 is 11.5 Å². The fourth-order valence-corrected chi connectivity index (χ4v) is 1.91. The second-order valence-corrected chi connectivity index (χ2v) is 5.28. The Bertz CT molecular complexity index is 496. The fourth-order valence-electron chi connectivity index (χ4n) is 1.14. The number of rotatable bonds is 3. The minimum Gasteiger partial charge on any atom is -0.478 e. The first-order chi connectivity index (χ1) is 8.61. The van der Waals surface area contributed by atoms with Gasteiger partial charge in [0, 0.05) is 0 Å². The van der Waals surface area contributed by atoms with Gasteiger partial charge >= 0.3 is 12.1 Å². The van der Waals surface area contributed by atoms with Crippen molar-refractivity contribution < 1.29 is 28.2 Å². The zero-order valence-corrected chi connectivity index (χ0v) is 11.2. The number of carboxylic acids is 1. The van der Waals surface area contributed by atoms with E-state index in [0.717, 1.165) is 0 Å². The molecule has 0 aliphatic rings. The lowest BCUT2D eigenvalue weighted by atomic mass is 10.2. The van der Waals surface area contributed by atoms with E-state index in [-0.39, 0.29) is 5.00 Å². The molecule has 0 saturated carbocycles. The zero-order chi connectivity index (χ0) is 14.8. The monoisotopic (exact) mass is 294 g/mol. The van der Waals surface area contributed by atoms with Crippen molar-refractivity contribution in [2.75, 3.05) is 5.32 Å². The van der Waals surface area contributed by atoms with E-state index in [9.17, 15) is 18.4 Å². The molecule has 19 heavy (non-hydrogen) atoms. The van der Waals surface area contributed by atoms with Gasteiger partial charge in [0.15, 0.2) is 0 Å². The van der Waals surface area contributed by atoms with Crippen LogP contribution < -0.4 is 5.32 Å². The number of amides is 1. The van der Waals surface area contributed by atoms with E-state index in [1.54, 1.807) is 20.8 Å². The predicted octanol–water partition coefficient (Wildman–Crippen LogP) is 3.13. The maximum absolute atomic E-state index is 12.5. The molecule has 0 spiro atoms. The molecule has 1 rings (SSSR count). The number of carbonyl (C=O) groups is 2. The molecule has 0 fully saturated rings. The third-order valence-electron chi connectivity index (χ3n) is 1.75. The summed E-state index contributed by atoms with van der Waals surface area (Å²) in [6.45, 7) is 4.84. The number of anilines is 1. The van der Waals surface area contributed by atoms with Crippen molar-refractivity contribution in [3.05, 3.63) is 11.3 Å². The second-order valence-electron chi connectivity index (χ2n) is 4.50. The minimum absolute atomic E-state index is 0.281. The summed E-state index contributed by atoms with van der Waals surface area (Å²) in [7, 11) is 0.